The quantitative estimate of drug-likeness (QED) is 0.304. The molecule has 2 aromatic rings. The Labute approximate surface area is 255 Å². The lowest BCUT2D eigenvalue weighted by Crippen LogP contribution is -2.37. The van der Waals surface area contributed by atoms with Crippen molar-refractivity contribution in [3.05, 3.63) is 68.5 Å². The van der Waals surface area contributed by atoms with E-state index in [1.807, 2.05) is 32.0 Å². The van der Waals surface area contributed by atoms with E-state index in [0.717, 1.165) is 43.4 Å². The molecule has 0 saturated heterocycles. The number of methoxy groups -OCH3 is 2. The first-order chi connectivity index (χ1) is 20.2. The first-order valence-electron chi connectivity index (χ1n) is 14.6. The number of carbonyl (C=O) groups is 2. The molecule has 8 nitrogen and oxygen atoms in total. The lowest BCUT2D eigenvalue weighted by atomic mass is 9.71. The van der Waals surface area contributed by atoms with E-state index < -0.39 is 11.9 Å². The standard InChI is InChI=1S/C33H38BrNO7/c1-5-41-28-17-21(13-23(34)32(28)37)30-29(33(38)42-22-9-7-6-8-10-22)18(2)35-24-14-20(15-25(36)31(24)30)19-11-12-26(39-3)27(16-19)40-4/h11-13,16-17,20,22,30,35,37H,5-10,14-15H2,1-4H3. The van der Waals surface area contributed by atoms with Gasteiger partial charge in [0, 0.05) is 29.3 Å². The number of phenolic OH excluding ortho intramolecular Hbond substituents is 1. The summed E-state index contributed by atoms with van der Waals surface area (Å²) in [4.78, 5) is 27.9. The Hall–Kier alpha value is -3.46. The van der Waals surface area contributed by atoms with Crippen molar-refractivity contribution < 1.29 is 33.6 Å². The predicted molar refractivity (Wildman–Crippen MR) is 162 cm³/mol. The van der Waals surface area contributed by atoms with Crippen LogP contribution in [-0.2, 0) is 14.3 Å². The van der Waals surface area contributed by atoms with Crippen molar-refractivity contribution in [1.82, 2.24) is 5.32 Å². The molecular formula is C33H38BrNO7. The Morgan fingerprint density at radius 3 is 2.40 bits per heavy atom. The number of hydrogen-bond donors (Lipinski definition) is 2. The molecular weight excluding hydrogens is 602 g/mol. The smallest absolute Gasteiger partial charge is 0.337 e. The molecule has 0 bridgehead atoms. The van der Waals surface area contributed by atoms with Gasteiger partial charge in [-0.1, -0.05) is 12.5 Å². The number of Topliss-reactive ketones (excluding diaryl/α,β-unsaturated/α-hetero) is 1. The van der Waals surface area contributed by atoms with Gasteiger partial charge in [-0.05, 0) is 103 Å². The molecule has 1 saturated carbocycles. The Morgan fingerprint density at radius 1 is 1.00 bits per heavy atom. The summed E-state index contributed by atoms with van der Waals surface area (Å²) in [6, 6.07) is 9.22. The number of halogens is 1. The topological polar surface area (TPSA) is 103 Å². The van der Waals surface area contributed by atoms with Crippen LogP contribution in [0.2, 0.25) is 0 Å². The molecule has 2 unspecified atom stereocenters. The maximum Gasteiger partial charge on any atom is 0.337 e. The van der Waals surface area contributed by atoms with Crippen LogP contribution in [0.15, 0.2) is 57.3 Å². The fraction of sp³-hybridized carbons (Fsp3) is 0.455. The van der Waals surface area contributed by atoms with E-state index >= 15 is 0 Å². The van der Waals surface area contributed by atoms with Gasteiger partial charge >= 0.3 is 5.97 Å². The van der Waals surface area contributed by atoms with Crippen molar-refractivity contribution in [2.24, 2.45) is 0 Å². The Balaban J connectivity index is 1.57. The highest BCUT2D eigenvalue weighted by atomic mass is 79.9. The van der Waals surface area contributed by atoms with Crippen LogP contribution >= 0.6 is 15.9 Å². The number of ketones is 1. The fourth-order valence-electron chi connectivity index (χ4n) is 6.41. The molecule has 1 heterocycles. The minimum atomic E-state index is -0.674. The van der Waals surface area contributed by atoms with Crippen LogP contribution in [0.25, 0.3) is 0 Å². The van der Waals surface area contributed by atoms with Crippen LogP contribution in [0.4, 0.5) is 0 Å². The molecule has 5 rings (SSSR count). The van der Waals surface area contributed by atoms with Gasteiger partial charge in [0.1, 0.15) is 6.10 Å². The third-order valence-corrected chi connectivity index (χ3v) is 9.04. The largest absolute Gasteiger partial charge is 0.503 e. The van der Waals surface area contributed by atoms with Gasteiger partial charge in [-0.15, -0.1) is 0 Å². The van der Waals surface area contributed by atoms with Gasteiger partial charge in [-0.25, -0.2) is 4.79 Å². The molecule has 224 valence electrons. The molecule has 2 aliphatic carbocycles. The lowest BCUT2D eigenvalue weighted by molar-refractivity contribution is -0.146. The second-order valence-corrected chi connectivity index (χ2v) is 11.9. The molecule has 0 radical (unpaired) electrons. The number of aromatic hydroxyl groups is 1. The first kappa shape index (κ1) is 30.0. The van der Waals surface area contributed by atoms with Gasteiger partial charge in [-0.2, -0.15) is 0 Å². The molecule has 1 aliphatic heterocycles. The van der Waals surface area contributed by atoms with Crippen molar-refractivity contribution in [3.63, 3.8) is 0 Å². The third-order valence-electron chi connectivity index (χ3n) is 8.44. The second kappa shape index (κ2) is 12.8. The summed E-state index contributed by atoms with van der Waals surface area (Å²) in [6.45, 7) is 4.04. The molecule has 42 heavy (non-hydrogen) atoms. The molecule has 2 N–H and O–H groups in total. The van der Waals surface area contributed by atoms with Gasteiger partial charge < -0.3 is 29.4 Å². The van der Waals surface area contributed by atoms with Crippen LogP contribution in [0.1, 0.15) is 81.8 Å². The van der Waals surface area contributed by atoms with E-state index in [-0.39, 0.29) is 35.7 Å². The summed E-state index contributed by atoms with van der Waals surface area (Å²) in [5.74, 6) is 0.267. The minimum absolute atomic E-state index is 0.0285. The van der Waals surface area contributed by atoms with Crippen molar-refractivity contribution in [1.29, 1.82) is 0 Å². The monoisotopic (exact) mass is 639 g/mol. The van der Waals surface area contributed by atoms with Crippen molar-refractivity contribution >= 4 is 27.7 Å². The van der Waals surface area contributed by atoms with Crippen LogP contribution in [0.3, 0.4) is 0 Å². The SMILES string of the molecule is CCOc1cc(C2C(C(=O)OC3CCCCC3)=C(C)NC3=C2C(=O)CC(c2ccc(OC)c(OC)c2)C3)cc(Br)c1O. The average Bonchev–Trinajstić information content (AvgIpc) is 2.98. The van der Waals surface area contributed by atoms with Crippen LogP contribution in [-0.4, -0.2) is 43.8 Å². The number of allylic oxidation sites excluding steroid dienone is 3. The summed E-state index contributed by atoms with van der Waals surface area (Å²) >= 11 is 3.45. The summed E-state index contributed by atoms with van der Waals surface area (Å²) in [5, 5.41) is 14.1. The normalized spacial score (nSPS) is 21.0. The maximum absolute atomic E-state index is 14.1. The number of hydrogen-bond acceptors (Lipinski definition) is 8. The number of esters is 1. The molecule has 9 heteroatoms. The minimum Gasteiger partial charge on any atom is -0.503 e. The number of carbonyl (C=O) groups excluding carboxylic acids is 2. The van der Waals surface area contributed by atoms with Crippen molar-refractivity contribution in [2.75, 3.05) is 20.8 Å². The van der Waals surface area contributed by atoms with Gasteiger partial charge in [0.2, 0.25) is 0 Å². The summed E-state index contributed by atoms with van der Waals surface area (Å²) in [7, 11) is 3.19. The fourth-order valence-corrected chi connectivity index (χ4v) is 6.87. The number of phenols is 1. The zero-order valence-corrected chi connectivity index (χ0v) is 26.1. The number of rotatable bonds is 8. The summed E-state index contributed by atoms with van der Waals surface area (Å²) < 4.78 is 23.1. The van der Waals surface area contributed by atoms with E-state index in [4.69, 9.17) is 18.9 Å². The number of ether oxygens (including phenoxy) is 4. The predicted octanol–water partition coefficient (Wildman–Crippen LogP) is 6.81. The summed E-state index contributed by atoms with van der Waals surface area (Å²) in [5.41, 5.74) is 4.05. The Bertz CT molecular complexity index is 1440. The van der Waals surface area contributed by atoms with E-state index in [1.54, 1.807) is 26.4 Å². The zero-order chi connectivity index (χ0) is 30.0. The second-order valence-electron chi connectivity index (χ2n) is 11.1. The molecule has 2 atom stereocenters. The molecule has 2 aromatic carbocycles. The molecule has 0 amide bonds. The molecule has 0 spiro atoms. The number of nitrogens with one attached hydrogen (secondary N) is 1. The Morgan fingerprint density at radius 2 is 1.71 bits per heavy atom. The zero-order valence-electron chi connectivity index (χ0n) is 24.6. The van der Waals surface area contributed by atoms with Crippen molar-refractivity contribution in [2.45, 2.75) is 76.7 Å². The van der Waals surface area contributed by atoms with Gasteiger partial charge in [-0.3, -0.25) is 4.79 Å². The van der Waals surface area contributed by atoms with E-state index in [9.17, 15) is 14.7 Å². The molecule has 3 aliphatic rings. The first-order valence-corrected chi connectivity index (χ1v) is 15.4. The third kappa shape index (κ3) is 5.89. The van der Waals surface area contributed by atoms with Crippen LogP contribution in [0, 0.1) is 0 Å². The van der Waals surface area contributed by atoms with E-state index in [0.29, 0.717) is 51.4 Å². The number of dihydropyridines is 1. The summed E-state index contributed by atoms with van der Waals surface area (Å²) in [6.07, 6.45) is 5.61. The highest BCUT2D eigenvalue weighted by Gasteiger charge is 2.42. The van der Waals surface area contributed by atoms with Gasteiger partial charge in [0.25, 0.3) is 0 Å². The molecule has 1 fully saturated rings. The van der Waals surface area contributed by atoms with Gasteiger partial charge in [0.15, 0.2) is 28.8 Å². The number of benzene rings is 2. The van der Waals surface area contributed by atoms with E-state index in [2.05, 4.69) is 21.2 Å². The van der Waals surface area contributed by atoms with Gasteiger partial charge in [0.05, 0.1) is 30.9 Å². The maximum atomic E-state index is 14.1. The average molecular weight is 641 g/mol. The molecule has 0 aromatic heterocycles. The highest BCUT2D eigenvalue weighted by molar-refractivity contribution is 9.10. The Kier molecular flexibility index (Phi) is 9.16. The van der Waals surface area contributed by atoms with Crippen LogP contribution in [0.5, 0.6) is 23.0 Å². The van der Waals surface area contributed by atoms with Crippen molar-refractivity contribution in [3.8, 4) is 23.0 Å². The van der Waals surface area contributed by atoms with Crippen LogP contribution < -0.4 is 19.5 Å². The highest BCUT2D eigenvalue weighted by Crippen LogP contribution is 2.49. The van der Waals surface area contributed by atoms with E-state index in [1.165, 1.54) is 0 Å². The lowest BCUT2D eigenvalue weighted by Gasteiger charge is -2.37.